The van der Waals surface area contributed by atoms with E-state index < -0.39 is 21.2 Å². The van der Waals surface area contributed by atoms with Crippen LogP contribution in [0.2, 0.25) is 0 Å². The van der Waals surface area contributed by atoms with Crippen LogP contribution in [0.3, 0.4) is 0 Å². The number of amides is 1. The molecule has 1 aliphatic heterocycles. The van der Waals surface area contributed by atoms with E-state index in [9.17, 15) is 17.8 Å². The van der Waals surface area contributed by atoms with Crippen molar-refractivity contribution in [3.63, 3.8) is 0 Å². The number of hydrogen-bond donors (Lipinski definition) is 1. The molecule has 3 heterocycles. The van der Waals surface area contributed by atoms with Gasteiger partial charge in [-0.2, -0.15) is 8.78 Å². The van der Waals surface area contributed by atoms with Crippen molar-refractivity contribution in [2.45, 2.75) is 19.8 Å². The molecule has 0 aromatic carbocycles. The first-order valence-corrected chi connectivity index (χ1v) is 12.2. The minimum Gasteiger partial charge on any atom is -0.354 e. The first-order chi connectivity index (χ1) is 11.6. The van der Waals surface area contributed by atoms with Crippen molar-refractivity contribution in [1.82, 2.24) is 10.1 Å². The van der Waals surface area contributed by atoms with Crippen LogP contribution in [-0.2, 0) is 15.5 Å². The van der Waals surface area contributed by atoms with E-state index in [2.05, 4.69) is 13.6 Å². The van der Waals surface area contributed by atoms with Crippen LogP contribution in [-0.4, -0.2) is 44.8 Å². The van der Waals surface area contributed by atoms with Crippen molar-refractivity contribution < 1.29 is 22.3 Å². The SMILES string of the molecule is Cc1c(-c2ccc(C(=O)N3CC[SH](=O)(P)CC3)s2)noc1C(C)(F)F. The third kappa shape index (κ3) is 3.83. The second-order valence-electron chi connectivity index (χ2n) is 6.23. The number of aromatic nitrogens is 1. The Hall–Kier alpha value is -1.18. The zero-order chi connectivity index (χ0) is 18.4. The summed E-state index contributed by atoms with van der Waals surface area (Å²) in [5, 5.41) is 3.75. The van der Waals surface area contributed by atoms with Gasteiger partial charge in [-0.1, -0.05) is 23.2 Å². The van der Waals surface area contributed by atoms with Gasteiger partial charge in [0.15, 0.2) is 0 Å². The highest BCUT2D eigenvalue weighted by Crippen LogP contribution is 2.37. The lowest BCUT2D eigenvalue weighted by Crippen LogP contribution is -2.44. The Bertz CT molecular complexity index is 847. The molecule has 0 radical (unpaired) electrons. The maximum Gasteiger partial charge on any atom is 0.304 e. The van der Waals surface area contributed by atoms with Gasteiger partial charge in [-0.05, 0) is 19.1 Å². The quantitative estimate of drug-likeness (QED) is 0.626. The van der Waals surface area contributed by atoms with Gasteiger partial charge in [-0.25, -0.2) is 0 Å². The molecule has 5 nitrogen and oxygen atoms in total. The molecule has 1 amide bonds. The lowest BCUT2D eigenvalue weighted by atomic mass is 10.1. The molecular weight excluding hydrogens is 389 g/mol. The van der Waals surface area contributed by atoms with Crippen molar-refractivity contribution in [2.24, 2.45) is 0 Å². The Morgan fingerprint density at radius 3 is 2.60 bits per heavy atom. The van der Waals surface area contributed by atoms with Gasteiger partial charge in [0.25, 0.3) is 5.91 Å². The highest BCUT2D eigenvalue weighted by molar-refractivity contribution is 8.45. The number of carbonyl (C=O) groups excluding carboxylic acids is 1. The number of rotatable bonds is 3. The molecule has 1 unspecified atom stereocenters. The standard InChI is InChI=1S/C15H19F2N2O3PS2/c1-9-12(18-22-13(9)15(2,16)17)10-3-4-11(24-10)14(20)19-5-7-25(21,23)8-6-19/h3-4,25H,5-8,23H2,1-2H3. The summed E-state index contributed by atoms with van der Waals surface area (Å²) in [6.45, 7) is 3.21. The van der Waals surface area contributed by atoms with E-state index >= 15 is 0 Å². The van der Waals surface area contributed by atoms with E-state index in [-0.39, 0.29) is 11.5 Å². The van der Waals surface area contributed by atoms with E-state index in [4.69, 9.17) is 4.52 Å². The van der Waals surface area contributed by atoms with Crippen LogP contribution in [0.25, 0.3) is 10.6 Å². The predicted molar refractivity (Wildman–Crippen MR) is 99.0 cm³/mol. The minimum atomic E-state index is -3.11. The summed E-state index contributed by atoms with van der Waals surface area (Å²) in [6, 6.07) is 3.35. The zero-order valence-electron chi connectivity index (χ0n) is 13.8. The average molecular weight is 408 g/mol. The van der Waals surface area contributed by atoms with Crippen LogP contribution in [0.15, 0.2) is 16.7 Å². The molecule has 0 spiro atoms. The van der Waals surface area contributed by atoms with Crippen molar-refractivity contribution in [1.29, 1.82) is 0 Å². The predicted octanol–water partition coefficient (Wildman–Crippen LogP) is 3.09. The summed E-state index contributed by atoms with van der Waals surface area (Å²) in [5.41, 5.74) is 0.601. The van der Waals surface area contributed by atoms with Crippen LogP contribution < -0.4 is 0 Å². The van der Waals surface area contributed by atoms with Gasteiger partial charge in [-0.3, -0.25) is 9.00 Å². The van der Waals surface area contributed by atoms with Crippen LogP contribution in [0.1, 0.15) is 27.9 Å². The number of hydrogen-bond acceptors (Lipinski definition) is 5. The van der Waals surface area contributed by atoms with Gasteiger partial charge in [0.1, 0.15) is 5.69 Å². The fourth-order valence-electron chi connectivity index (χ4n) is 2.72. The summed E-state index contributed by atoms with van der Waals surface area (Å²) in [6.07, 6.45) is 0. The summed E-state index contributed by atoms with van der Waals surface area (Å²) < 4.78 is 43.7. The van der Waals surface area contributed by atoms with E-state index in [1.165, 1.54) is 18.3 Å². The van der Waals surface area contributed by atoms with Crippen LogP contribution in [0.4, 0.5) is 8.78 Å². The number of carbonyl (C=O) groups is 1. The lowest BCUT2D eigenvalue weighted by Gasteiger charge is -2.32. The van der Waals surface area contributed by atoms with Gasteiger partial charge >= 0.3 is 5.92 Å². The molecular formula is C15H19F2N2O3PS2. The molecule has 1 saturated heterocycles. The second-order valence-corrected chi connectivity index (χ2v) is 12.9. The topological polar surface area (TPSA) is 63.4 Å². The Morgan fingerprint density at radius 1 is 1.40 bits per heavy atom. The van der Waals surface area contributed by atoms with Crippen LogP contribution in [0, 0.1) is 6.92 Å². The molecule has 138 valence electrons. The molecule has 1 fully saturated rings. The number of nitrogens with zero attached hydrogens (tertiary/aromatic N) is 2. The van der Waals surface area contributed by atoms with E-state index in [1.807, 2.05) is 0 Å². The molecule has 1 aliphatic rings. The smallest absolute Gasteiger partial charge is 0.304 e. The monoisotopic (exact) mass is 408 g/mol. The highest BCUT2D eigenvalue weighted by atomic mass is 32.8. The molecule has 2 aromatic rings. The number of halogens is 2. The molecule has 0 bridgehead atoms. The van der Waals surface area contributed by atoms with Crippen LogP contribution >= 0.6 is 19.8 Å². The molecule has 1 atom stereocenters. The summed E-state index contributed by atoms with van der Waals surface area (Å²) in [5.74, 6) is -2.71. The van der Waals surface area contributed by atoms with Crippen molar-refractivity contribution in [3.05, 3.63) is 28.3 Å². The first-order valence-electron chi connectivity index (χ1n) is 7.69. The molecule has 0 saturated carbocycles. The van der Waals surface area contributed by atoms with Gasteiger partial charge < -0.3 is 9.42 Å². The number of alkyl halides is 2. The average Bonchev–Trinajstić information content (AvgIpc) is 3.12. The lowest BCUT2D eigenvalue weighted by molar-refractivity contribution is -0.0112. The Balaban J connectivity index is 1.80. The summed E-state index contributed by atoms with van der Waals surface area (Å²) in [4.78, 5) is 15.4. The fraction of sp³-hybridized carbons (Fsp3) is 0.467. The van der Waals surface area contributed by atoms with E-state index in [0.717, 1.165) is 6.92 Å². The van der Waals surface area contributed by atoms with Crippen molar-refractivity contribution in [3.8, 4) is 10.6 Å². The second kappa shape index (κ2) is 6.52. The highest BCUT2D eigenvalue weighted by Gasteiger charge is 2.34. The van der Waals surface area contributed by atoms with E-state index in [1.54, 1.807) is 17.0 Å². The maximum atomic E-state index is 13.5. The molecule has 10 heteroatoms. The zero-order valence-corrected chi connectivity index (χ0v) is 16.7. The number of thiol groups is 1. The minimum absolute atomic E-state index is 0.136. The van der Waals surface area contributed by atoms with Gasteiger partial charge in [-0.15, -0.1) is 11.3 Å². The first kappa shape index (κ1) is 18.6. The number of thiophene rings is 1. The fourth-order valence-corrected chi connectivity index (χ4v) is 5.81. The van der Waals surface area contributed by atoms with Gasteiger partial charge in [0.05, 0.1) is 9.75 Å². The molecule has 25 heavy (non-hydrogen) atoms. The molecule has 0 N–H and O–H groups in total. The Kier molecular flexibility index (Phi) is 4.85. The third-order valence-electron chi connectivity index (χ3n) is 4.16. The van der Waals surface area contributed by atoms with Crippen LogP contribution in [0.5, 0.6) is 0 Å². The van der Waals surface area contributed by atoms with Crippen molar-refractivity contribution >= 4 is 35.2 Å². The third-order valence-corrected chi connectivity index (χ3v) is 8.70. The van der Waals surface area contributed by atoms with E-state index in [0.29, 0.717) is 40.0 Å². The summed E-state index contributed by atoms with van der Waals surface area (Å²) in [7, 11) is 0.233. The maximum absolute atomic E-state index is 13.5. The Labute approximate surface area is 151 Å². The largest absolute Gasteiger partial charge is 0.354 e. The normalized spacial score (nSPS) is 19.0. The van der Waals surface area contributed by atoms with Gasteiger partial charge in [0.2, 0.25) is 5.76 Å². The Morgan fingerprint density at radius 2 is 2.04 bits per heavy atom. The van der Waals surface area contributed by atoms with Gasteiger partial charge in [0, 0.05) is 37.1 Å². The molecule has 3 rings (SSSR count). The molecule has 2 aromatic heterocycles. The van der Waals surface area contributed by atoms with Crippen molar-refractivity contribution in [2.75, 3.05) is 24.6 Å². The molecule has 0 aliphatic carbocycles. The summed E-state index contributed by atoms with van der Waals surface area (Å²) >= 11 is 1.19.